The molecule has 1 aliphatic carbocycles. The van der Waals surface area contributed by atoms with Crippen LogP contribution in [0, 0.1) is 5.92 Å². The number of piperidine rings is 1. The molecule has 3 fully saturated rings. The minimum absolute atomic E-state index is 0.386. The Bertz CT molecular complexity index is 348. The van der Waals surface area contributed by atoms with E-state index in [9.17, 15) is 4.79 Å². The number of carbonyl (C=O) groups excluding carboxylic acids is 1. The van der Waals surface area contributed by atoms with Gasteiger partial charge in [0.15, 0.2) is 0 Å². The van der Waals surface area contributed by atoms with Gasteiger partial charge in [-0.15, -0.1) is 0 Å². The summed E-state index contributed by atoms with van der Waals surface area (Å²) in [5, 5.41) is 3.88. The molecular formula is C17H31N3O. The molecule has 0 radical (unpaired) electrons. The minimum Gasteiger partial charge on any atom is -0.342 e. The molecule has 0 aromatic carbocycles. The Morgan fingerprint density at radius 1 is 0.952 bits per heavy atom. The molecule has 4 nitrogen and oxygen atoms in total. The SMILES string of the molecule is CCN1CCCC(NC2CCN(C(=O)C3CC3)CC2)CC1. The number of hydrogen-bond donors (Lipinski definition) is 1. The normalized spacial score (nSPS) is 29.4. The number of hydrogen-bond acceptors (Lipinski definition) is 3. The lowest BCUT2D eigenvalue weighted by molar-refractivity contribution is -0.133. The molecule has 1 N–H and O–H groups in total. The third-order valence-electron chi connectivity index (χ3n) is 5.47. The summed E-state index contributed by atoms with van der Waals surface area (Å²) in [4.78, 5) is 16.8. The van der Waals surface area contributed by atoms with Gasteiger partial charge in [-0.05, 0) is 64.6 Å². The number of rotatable bonds is 4. The van der Waals surface area contributed by atoms with Crippen molar-refractivity contribution < 1.29 is 4.79 Å². The van der Waals surface area contributed by atoms with Crippen molar-refractivity contribution in [1.29, 1.82) is 0 Å². The molecule has 120 valence electrons. The number of nitrogens with one attached hydrogen (secondary N) is 1. The van der Waals surface area contributed by atoms with E-state index in [0.29, 0.717) is 23.9 Å². The molecule has 3 aliphatic rings. The van der Waals surface area contributed by atoms with E-state index in [0.717, 1.165) is 38.8 Å². The third-order valence-corrected chi connectivity index (χ3v) is 5.47. The molecule has 4 heteroatoms. The quantitative estimate of drug-likeness (QED) is 0.859. The molecule has 1 unspecified atom stereocenters. The molecule has 3 rings (SSSR count). The number of likely N-dealkylation sites (tertiary alicyclic amines) is 2. The van der Waals surface area contributed by atoms with Gasteiger partial charge in [-0.3, -0.25) is 4.79 Å². The Balaban J connectivity index is 1.39. The second kappa shape index (κ2) is 7.10. The van der Waals surface area contributed by atoms with Crippen molar-refractivity contribution >= 4 is 5.91 Å². The van der Waals surface area contributed by atoms with Crippen LogP contribution in [0.4, 0.5) is 0 Å². The molecule has 2 heterocycles. The summed E-state index contributed by atoms with van der Waals surface area (Å²) in [6.45, 7) is 7.91. The summed E-state index contributed by atoms with van der Waals surface area (Å²) in [5.74, 6) is 0.817. The highest BCUT2D eigenvalue weighted by molar-refractivity contribution is 5.81. The highest BCUT2D eigenvalue weighted by atomic mass is 16.2. The van der Waals surface area contributed by atoms with Crippen molar-refractivity contribution in [2.75, 3.05) is 32.7 Å². The molecule has 2 saturated heterocycles. The molecule has 2 aliphatic heterocycles. The van der Waals surface area contributed by atoms with Crippen molar-refractivity contribution in [3.63, 3.8) is 0 Å². The summed E-state index contributed by atoms with van der Waals surface area (Å²) in [6.07, 6.45) is 8.48. The molecule has 0 bridgehead atoms. The fraction of sp³-hybridized carbons (Fsp3) is 0.941. The van der Waals surface area contributed by atoms with Crippen LogP contribution in [-0.4, -0.2) is 60.5 Å². The maximum absolute atomic E-state index is 12.1. The lowest BCUT2D eigenvalue weighted by Crippen LogP contribution is -2.48. The predicted molar refractivity (Wildman–Crippen MR) is 85.2 cm³/mol. The lowest BCUT2D eigenvalue weighted by atomic mass is 10.0. The van der Waals surface area contributed by atoms with E-state index >= 15 is 0 Å². The van der Waals surface area contributed by atoms with Crippen LogP contribution in [0.2, 0.25) is 0 Å². The second-order valence-corrected chi connectivity index (χ2v) is 7.10. The Morgan fingerprint density at radius 2 is 1.62 bits per heavy atom. The van der Waals surface area contributed by atoms with E-state index < -0.39 is 0 Å². The van der Waals surface area contributed by atoms with Gasteiger partial charge in [0.1, 0.15) is 0 Å². The topological polar surface area (TPSA) is 35.6 Å². The number of carbonyl (C=O) groups is 1. The summed E-state index contributed by atoms with van der Waals surface area (Å²) in [5.41, 5.74) is 0. The first-order valence-corrected chi connectivity index (χ1v) is 9.03. The molecule has 21 heavy (non-hydrogen) atoms. The van der Waals surface area contributed by atoms with Crippen molar-refractivity contribution in [1.82, 2.24) is 15.1 Å². The molecule has 0 aromatic rings. The van der Waals surface area contributed by atoms with Crippen LogP contribution in [0.1, 0.15) is 51.9 Å². The van der Waals surface area contributed by atoms with Gasteiger partial charge in [0.05, 0.1) is 0 Å². The summed E-state index contributed by atoms with van der Waals surface area (Å²) < 4.78 is 0. The molecule has 1 amide bonds. The van der Waals surface area contributed by atoms with Crippen LogP contribution in [-0.2, 0) is 4.79 Å². The third kappa shape index (κ3) is 4.19. The van der Waals surface area contributed by atoms with Gasteiger partial charge < -0.3 is 15.1 Å². The fourth-order valence-corrected chi connectivity index (χ4v) is 3.83. The van der Waals surface area contributed by atoms with Crippen LogP contribution in [0.3, 0.4) is 0 Å². The first-order chi connectivity index (χ1) is 10.3. The standard InChI is InChI=1S/C17H31N3O/c1-2-19-10-3-4-15(7-11-19)18-16-8-12-20(13-9-16)17(21)14-5-6-14/h14-16,18H,2-13H2,1H3. The lowest BCUT2D eigenvalue weighted by Gasteiger charge is -2.34. The molecule has 0 aromatic heterocycles. The Kier molecular flexibility index (Phi) is 5.17. The van der Waals surface area contributed by atoms with Gasteiger partial charge in [0, 0.05) is 31.1 Å². The van der Waals surface area contributed by atoms with E-state index in [1.54, 1.807) is 0 Å². The Morgan fingerprint density at radius 3 is 2.29 bits per heavy atom. The molecule has 1 atom stereocenters. The second-order valence-electron chi connectivity index (χ2n) is 7.10. The van der Waals surface area contributed by atoms with E-state index in [1.165, 1.54) is 38.9 Å². The maximum Gasteiger partial charge on any atom is 0.225 e. The van der Waals surface area contributed by atoms with Gasteiger partial charge in [0.25, 0.3) is 0 Å². The monoisotopic (exact) mass is 293 g/mol. The van der Waals surface area contributed by atoms with E-state index in [4.69, 9.17) is 0 Å². The van der Waals surface area contributed by atoms with Gasteiger partial charge in [-0.2, -0.15) is 0 Å². The van der Waals surface area contributed by atoms with Crippen molar-refractivity contribution in [3.8, 4) is 0 Å². The smallest absolute Gasteiger partial charge is 0.225 e. The molecule has 1 saturated carbocycles. The molecular weight excluding hydrogens is 262 g/mol. The fourth-order valence-electron chi connectivity index (χ4n) is 3.83. The van der Waals surface area contributed by atoms with E-state index in [1.807, 2.05) is 0 Å². The average molecular weight is 293 g/mol. The minimum atomic E-state index is 0.386. The predicted octanol–water partition coefficient (Wildman–Crippen LogP) is 1.85. The van der Waals surface area contributed by atoms with Gasteiger partial charge in [-0.1, -0.05) is 6.92 Å². The summed E-state index contributed by atoms with van der Waals surface area (Å²) in [7, 11) is 0. The van der Waals surface area contributed by atoms with Gasteiger partial charge in [0.2, 0.25) is 5.91 Å². The van der Waals surface area contributed by atoms with E-state index in [2.05, 4.69) is 22.0 Å². The van der Waals surface area contributed by atoms with E-state index in [-0.39, 0.29) is 0 Å². The molecule has 0 spiro atoms. The maximum atomic E-state index is 12.1. The van der Waals surface area contributed by atoms with Crippen LogP contribution in [0.5, 0.6) is 0 Å². The van der Waals surface area contributed by atoms with Crippen LogP contribution in [0.25, 0.3) is 0 Å². The highest BCUT2D eigenvalue weighted by Gasteiger charge is 2.35. The van der Waals surface area contributed by atoms with Crippen LogP contribution < -0.4 is 5.32 Å². The van der Waals surface area contributed by atoms with Crippen LogP contribution in [0.15, 0.2) is 0 Å². The number of nitrogens with zero attached hydrogens (tertiary/aromatic N) is 2. The van der Waals surface area contributed by atoms with Crippen molar-refractivity contribution in [2.45, 2.75) is 64.0 Å². The van der Waals surface area contributed by atoms with Gasteiger partial charge >= 0.3 is 0 Å². The van der Waals surface area contributed by atoms with Crippen molar-refractivity contribution in [3.05, 3.63) is 0 Å². The zero-order valence-electron chi connectivity index (χ0n) is 13.5. The first kappa shape index (κ1) is 15.3. The Labute approximate surface area is 129 Å². The summed E-state index contributed by atoms with van der Waals surface area (Å²) >= 11 is 0. The van der Waals surface area contributed by atoms with Crippen molar-refractivity contribution in [2.24, 2.45) is 5.92 Å². The zero-order valence-corrected chi connectivity index (χ0v) is 13.5. The highest BCUT2D eigenvalue weighted by Crippen LogP contribution is 2.32. The zero-order chi connectivity index (χ0) is 14.7. The van der Waals surface area contributed by atoms with Gasteiger partial charge in [-0.25, -0.2) is 0 Å². The van der Waals surface area contributed by atoms with Crippen LogP contribution >= 0.6 is 0 Å². The number of amides is 1. The summed E-state index contributed by atoms with van der Waals surface area (Å²) in [6, 6.07) is 1.32. The Hall–Kier alpha value is -0.610. The average Bonchev–Trinajstić information content (AvgIpc) is 3.35. The first-order valence-electron chi connectivity index (χ1n) is 9.03. The largest absolute Gasteiger partial charge is 0.342 e.